The number of anilines is 2. The van der Waals surface area contributed by atoms with Gasteiger partial charge in [0, 0.05) is 56.4 Å². The average Bonchev–Trinajstić information content (AvgIpc) is 3.37. The fraction of sp³-hybridized carbons (Fsp3) is 0.640. The largest absolute Gasteiger partial charge is 0.490 e. The van der Waals surface area contributed by atoms with Crippen LogP contribution in [0.2, 0.25) is 5.02 Å². The van der Waals surface area contributed by atoms with Crippen LogP contribution in [0.5, 0.6) is 0 Å². The van der Waals surface area contributed by atoms with E-state index in [4.69, 9.17) is 36.7 Å². The molecule has 5 rings (SSSR count). The van der Waals surface area contributed by atoms with Gasteiger partial charge in [-0.3, -0.25) is 14.8 Å². The Morgan fingerprint density at radius 2 is 1.77 bits per heavy atom. The molecule has 0 bridgehead atoms. The zero-order valence-electron chi connectivity index (χ0n) is 22.0. The molecule has 11 nitrogen and oxygen atoms in total. The zero-order chi connectivity index (χ0) is 28.7. The SMILES string of the molecule is Nc1nnc(N2CCC(N3C[C@H](CN4CCOCC4)OC[C@@H]3Cc3ccc(Cl)cc3)CC2)[nH]1.O=C(O)C(F)(F)F. The van der Waals surface area contributed by atoms with Gasteiger partial charge in [-0.1, -0.05) is 23.7 Å². The van der Waals surface area contributed by atoms with Gasteiger partial charge in [0.05, 0.1) is 25.9 Å². The van der Waals surface area contributed by atoms with Gasteiger partial charge >= 0.3 is 12.1 Å². The molecular weight excluding hydrogens is 555 g/mol. The number of halogens is 4. The summed E-state index contributed by atoms with van der Waals surface area (Å²) in [5, 5.41) is 16.0. The summed E-state index contributed by atoms with van der Waals surface area (Å²) in [4.78, 5) is 19.4. The average molecular weight is 590 g/mol. The van der Waals surface area contributed by atoms with Crippen LogP contribution in [0.15, 0.2) is 24.3 Å². The van der Waals surface area contributed by atoms with Crippen LogP contribution in [-0.2, 0) is 20.7 Å². The van der Waals surface area contributed by atoms with Crippen molar-refractivity contribution in [2.75, 3.05) is 69.7 Å². The maximum absolute atomic E-state index is 10.6. The van der Waals surface area contributed by atoms with Crippen molar-refractivity contribution in [3.63, 3.8) is 0 Å². The molecule has 0 spiro atoms. The Hall–Kier alpha value is -2.65. The van der Waals surface area contributed by atoms with Gasteiger partial charge < -0.3 is 25.2 Å². The highest BCUT2D eigenvalue weighted by Gasteiger charge is 2.38. The lowest BCUT2D eigenvalue weighted by Crippen LogP contribution is -2.59. The van der Waals surface area contributed by atoms with E-state index in [1.807, 2.05) is 12.1 Å². The molecule has 4 N–H and O–H groups in total. The Kier molecular flexibility index (Phi) is 10.5. The molecule has 222 valence electrons. The number of nitrogens with zero attached hydrogens (tertiary/aromatic N) is 5. The molecule has 0 amide bonds. The summed E-state index contributed by atoms with van der Waals surface area (Å²) >= 11 is 6.11. The molecule has 0 unspecified atom stereocenters. The number of piperidine rings is 1. The molecular formula is C25H35ClF3N7O4. The van der Waals surface area contributed by atoms with Crippen molar-refractivity contribution in [3.8, 4) is 0 Å². The number of aliphatic carboxylic acids is 1. The molecule has 2 atom stereocenters. The number of ether oxygens (including phenoxy) is 2. The molecule has 1 aromatic carbocycles. The third-order valence-electron chi connectivity index (χ3n) is 7.33. The highest BCUT2D eigenvalue weighted by molar-refractivity contribution is 6.30. The van der Waals surface area contributed by atoms with E-state index < -0.39 is 12.1 Å². The number of benzene rings is 1. The van der Waals surface area contributed by atoms with E-state index in [9.17, 15) is 13.2 Å². The fourth-order valence-electron chi connectivity index (χ4n) is 5.30. The van der Waals surface area contributed by atoms with E-state index in [2.05, 4.69) is 42.0 Å². The molecule has 0 saturated carbocycles. The Bertz CT molecular complexity index is 1080. The predicted octanol–water partition coefficient (Wildman–Crippen LogP) is 2.29. The molecule has 3 aliphatic rings. The van der Waals surface area contributed by atoms with E-state index in [-0.39, 0.29) is 6.10 Å². The van der Waals surface area contributed by atoms with Gasteiger partial charge in [-0.15, -0.1) is 10.2 Å². The van der Waals surface area contributed by atoms with Crippen molar-refractivity contribution in [1.29, 1.82) is 0 Å². The van der Waals surface area contributed by atoms with Crippen molar-refractivity contribution >= 4 is 29.5 Å². The second kappa shape index (κ2) is 13.8. The number of alkyl halides is 3. The summed E-state index contributed by atoms with van der Waals surface area (Å²) < 4.78 is 43.7. The maximum Gasteiger partial charge on any atom is 0.490 e. The summed E-state index contributed by atoms with van der Waals surface area (Å²) in [5.41, 5.74) is 7.03. The van der Waals surface area contributed by atoms with Crippen LogP contribution in [0.4, 0.5) is 25.1 Å². The van der Waals surface area contributed by atoms with Crippen molar-refractivity contribution in [3.05, 3.63) is 34.9 Å². The number of H-pyrrole nitrogens is 1. The number of aromatic nitrogens is 3. The van der Waals surface area contributed by atoms with Gasteiger partial charge in [0.1, 0.15) is 0 Å². The third kappa shape index (κ3) is 8.67. The predicted molar refractivity (Wildman–Crippen MR) is 142 cm³/mol. The number of nitrogens with one attached hydrogen (secondary N) is 1. The van der Waals surface area contributed by atoms with Crippen LogP contribution in [0.25, 0.3) is 0 Å². The van der Waals surface area contributed by atoms with Gasteiger partial charge in [-0.2, -0.15) is 13.2 Å². The number of carbonyl (C=O) groups is 1. The molecule has 3 fully saturated rings. The number of rotatable bonds is 6. The van der Waals surface area contributed by atoms with Crippen LogP contribution < -0.4 is 10.6 Å². The minimum atomic E-state index is -5.08. The van der Waals surface area contributed by atoms with Crippen LogP contribution in [0.1, 0.15) is 18.4 Å². The minimum Gasteiger partial charge on any atom is -0.475 e. The second-order valence-corrected chi connectivity index (χ2v) is 10.5. The summed E-state index contributed by atoms with van der Waals surface area (Å²) in [7, 11) is 0. The molecule has 1 aromatic heterocycles. The monoisotopic (exact) mass is 589 g/mol. The first kappa shape index (κ1) is 30.3. The number of carboxylic acid groups (broad SMARTS) is 1. The molecule has 40 heavy (non-hydrogen) atoms. The van der Waals surface area contributed by atoms with E-state index in [1.54, 1.807) is 0 Å². The lowest BCUT2D eigenvalue weighted by molar-refractivity contribution is -0.192. The lowest BCUT2D eigenvalue weighted by atomic mass is 9.96. The van der Waals surface area contributed by atoms with Crippen LogP contribution in [0, 0.1) is 0 Å². The summed E-state index contributed by atoms with van der Waals surface area (Å²) in [6.45, 7) is 8.21. The number of carboxylic acids is 1. The van der Waals surface area contributed by atoms with Gasteiger partial charge in [0.2, 0.25) is 11.9 Å². The van der Waals surface area contributed by atoms with Crippen molar-refractivity contribution in [2.24, 2.45) is 0 Å². The van der Waals surface area contributed by atoms with Crippen molar-refractivity contribution in [1.82, 2.24) is 25.0 Å². The smallest absolute Gasteiger partial charge is 0.475 e. The second-order valence-electron chi connectivity index (χ2n) is 10.1. The van der Waals surface area contributed by atoms with Crippen LogP contribution in [0.3, 0.4) is 0 Å². The number of hydrogen-bond acceptors (Lipinski definition) is 9. The fourth-order valence-corrected chi connectivity index (χ4v) is 5.42. The number of hydrogen-bond donors (Lipinski definition) is 3. The van der Waals surface area contributed by atoms with Crippen molar-refractivity contribution in [2.45, 2.75) is 43.6 Å². The molecule has 3 saturated heterocycles. The van der Waals surface area contributed by atoms with E-state index >= 15 is 0 Å². The Morgan fingerprint density at radius 1 is 1.12 bits per heavy atom. The topological polar surface area (TPSA) is 133 Å². The van der Waals surface area contributed by atoms with Gasteiger partial charge in [0.25, 0.3) is 0 Å². The Morgan fingerprint density at radius 3 is 2.35 bits per heavy atom. The van der Waals surface area contributed by atoms with Gasteiger partial charge in [-0.25, -0.2) is 4.79 Å². The van der Waals surface area contributed by atoms with Crippen LogP contribution >= 0.6 is 11.6 Å². The van der Waals surface area contributed by atoms with E-state index in [0.717, 1.165) is 89.3 Å². The maximum atomic E-state index is 10.6. The van der Waals surface area contributed by atoms with Crippen molar-refractivity contribution < 1.29 is 32.5 Å². The molecule has 0 aliphatic carbocycles. The molecule has 4 heterocycles. The standard InChI is InChI=1S/C23H34ClN7O2.C2HF3O2/c24-18-3-1-17(2-4-18)13-20-16-33-21(14-29-9-11-32-12-10-29)15-31(20)19-5-7-30(8-6-19)23-26-22(25)27-28-23;3-2(4,5)1(6)7/h1-4,19-21H,5-16H2,(H3,25,26,27,28);(H,6,7)/t20-,21-;/m0./s1. The zero-order valence-corrected chi connectivity index (χ0v) is 22.8. The van der Waals surface area contributed by atoms with Crippen LogP contribution in [-0.4, -0.2) is 120 Å². The first-order valence-electron chi connectivity index (χ1n) is 13.2. The molecule has 15 heteroatoms. The number of nitrogen functional groups attached to an aromatic ring is 1. The Labute approximate surface area is 235 Å². The van der Waals surface area contributed by atoms with E-state index in [1.165, 1.54) is 5.56 Å². The number of aromatic amines is 1. The molecule has 0 radical (unpaired) electrons. The third-order valence-corrected chi connectivity index (χ3v) is 7.58. The lowest BCUT2D eigenvalue weighted by Gasteiger charge is -2.47. The van der Waals surface area contributed by atoms with E-state index in [0.29, 0.717) is 18.0 Å². The highest BCUT2D eigenvalue weighted by atomic mass is 35.5. The number of nitrogens with two attached hydrogens (primary N) is 1. The minimum absolute atomic E-state index is 0.233. The summed E-state index contributed by atoms with van der Waals surface area (Å²) in [6.07, 6.45) is -1.71. The normalized spacial score (nSPS) is 23.4. The first-order valence-corrected chi connectivity index (χ1v) is 13.6. The molecule has 2 aromatic rings. The quantitative estimate of drug-likeness (QED) is 0.461. The Balaban J connectivity index is 0.000000470. The summed E-state index contributed by atoms with van der Waals surface area (Å²) in [5.74, 6) is -1.61. The highest BCUT2D eigenvalue weighted by Crippen LogP contribution is 2.27. The van der Waals surface area contributed by atoms with Gasteiger partial charge in [-0.05, 0) is 37.0 Å². The number of morpholine rings is 2. The van der Waals surface area contributed by atoms with Gasteiger partial charge in [0.15, 0.2) is 0 Å². The molecule has 3 aliphatic heterocycles. The first-order chi connectivity index (χ1) is 19.1. The summed E-state index contributed by atoms with van der Waals surface area (Å²) in [6, 6.07) is 9.12.